The summed E-state index contributed by atoms with van der Waals surface area (Å²) in [4.78, 5) is 35.7. The van der Waals surface area contributed by atoms with Gasteiger partial charge in [-0.15, -0.1) is 0 Å². The van der Waals surface area contributed by atoms with Gasteiger partial charge in [0.15, 0.2) is 0 Å². The van der Waals surface area contributed by atoms with Crippen molar-refractivity contribution in [2.45, 2.75) is 0 Å². The first kappa shape index (κ1) is 14.9. The molecule has 0 unspecified atom stereocenters. The Hall–Kier alpha value is -2.45. The van der Waals surface area contributed by atoms with Crippen LogP contribution in [0.3, 0.4) is 0 Å². The van der Waals surface area contributed by atoms with Gasteiger partial charge in [-0.2, -0.15) is 0 Å². The van der Waals surface area contributed by atoms with Crippen LogP contribution in [0, 0.1) is 0 Å². The average molecular weight is 293 g/mol. The summed E-state index contributed by atoms with van der Waals surface area (Å²) >= 11 is 0. The molecule has 1 aliphatic rings. The van der Waals surface area contributed by atoms with Gasteiger partial charge in [0.05, 0.1) is 12.1 Å². The van der Waals surface area contributed by atoms with Gasteiger partial charge in [0.1, 0.15) is 25.6 Å². The fourth-order valence-corrected chi connectivity index (χ4v) is 1.87. The second kappa shape index (κ2) is 6.82. The normalized spacial score (nSPS) is 15.0. The average Bonchev–Trinajstić information content (AvgIpc) is 2.50. The van der Waals surface area contributed by atoms with E-state index >= 15 is 0 Å². The highest BCUT2D eigenvalue weighted by Gasteiger charge is 2.26. The van der Waals surface area contributed by atoms with Crippen LogP contribution in [0.2, 0.25) is 0 Å². The Labute approximate surface area is 120 Å². The lowest BCUT2D eigenvalue weighted by Crippen LogP contribution is -2.47. The molecule has 1 aliphatic heterocycles. The van der Waals surface area contributed by atoms with Crippen molar-refractivity contribution < 1.29 is 23.9 Å². The van der Waals surface area contributed by atoms with Crippen molar-refractivity contribution in [1.29, 1.82) is 0 Å². The quantitative estimate of drug-likeness (QED) is 0.313. The third kappa shape index (κ3) is 3.56. The molecule has 1 heterocycles. The Balaban J connectivity index is 1.96. The highest BCUT2D eigenvalue weighted by atomic mass is 16.5. The first-order valence-electron chi connectivity index (χ1n) is 6.27. The molecule has 2 rings (SSSR count). The summed E-state index contributed by atoms with van der Waals surface area (Å²) in [7, 11) is 0. The van der Waals surface area contributed by atoms with Crippen molar-refractivity contribution in [2.24, 2.45) is 5.84 Å². The minimum atomic E-state index is -0.482. The molecular weight excluding hydrogens is 278 g/mol. The van der Waals surface area contributed by atoms with Crippen LogP contribution >= 0.6 is 0 Å². The Morgan fingerprint density at radius 3 is 2.62 bits per heavy atom. The molecule has 3 N–H and O–H groups in total. The highest BCUT2D eigenvalue weighted by molar-refractivity contribution is 5.98. The standard InChI is InChI=1S/C13H15N3O5/c14-15-13(19)9-3-1-2-4-10(9)21-6-5-16-11(17)7-20-8-12(16)18/h1-4H,5-8,14H2,(H,15,19). The zero-order valence-electron chi connectivity index (χ0n) is 11.2. The Bertz CT molecular complexity index is 544. The SMILES string of the molecule is NNC(=O)c1ccccc1OCCN1C(=O)COCC1=O. The largest absolute Gasteiger partial charge is 0.491 e. The van der Waals surface area contributed by atoms with Crippen LogP contribution in [-0.2, 0) is 14.3 Å². The molecule has 1 aromatic carbocycles. The van der Waals surface area contributed by atoms with E-state index in [1.165, 1.54) is 0 Å². The third-order valence-electron chi connectivity index (χ3n) is 2.89. The predicted molar refractivity (Wildman–Crippen MR) is 71.1 cm³/mol. The van der Waals surface area contributed by atoms with Gasteiger partial charge >= 0.3 is 0 Å². The molecule has 8 heteroatoms. The van der Waals surface area contributed by atoms with Gasteiger partial charge in [0.2, 0.25) is 0 Å². The molecule has 1 aromatic rings. The van der Waals surface area contributed by atoms with Crippen molar-refractivity contribution in [1.82, 2.24) is 10.3 Å². The maximum absolute atomic E-state index is 11.6. The van der Waals surface area contributed by atoms with Crippen LogP contribution in [0.25, 0.3) is 0 Å². The van der Waals surface area contributed by atoms with Gasteiger partial charge in [-0.3, -0.25) is 24.7 Å². The smallest absolute Gasteiger partial charge is 0.268 e. The first-order valence-corrected chi connectivity index (χ1v) is 6.27. The van der Waals surface area contributed by atoms with E-state index in [9.17, 15) is 14.4 Å². The van der Waals surface area contributed by atoms with Crippen molar-refractivity contribution >= 4 is 17.7 Å². The van der Waals surface area contributed by atoms with E-state index in [-0.39, 0.29) is 31.9 Å². The Kier molecular flexibility index (Phi) is 4.85. The van der Waals surface area contributed by atoms with E-state index < -0.39 is 17.7 Å². The Morgan fingerprint density at radius 1 is 1.29 bits per heavy atom. The second-order valence-corrected chi connectivity index (χ2v) is 4.25. The molecule has 0 saturated carbocycles. The van der Waals surface area contributed by atoms with Gasteiger partial charge in [0, 0.05) is 0 Å². The number of carbonyl (C=O) groups excluding carboxylic acids is 3. The summed E-state index contributed by atoms with van der Waals surface area (Å²) < 4.78 is 10.3. The van der Waals surface area contributed by atoms with Crippen molar-refractivity contribution in [2.75, 3.05) is 26.4 Å². The highest BCUT2D eigenvalue weighted by Crippen LogP contribution is 2.17. The number of hydrazine groups is 1. The number of para-hydroxylation sites is 1. The number of carbonyl (C=O) groups is 3. The first-order chi connectivity index (χ1) is 10.1. The van der Waals surface area contributed by atoms with E-state index in [0.717, 1.165) is 4.90 Å². The summed E-state index contributed by atoms with van der Waals surface area (Å²) in [6.45, 7) is -0.0538. The summed E-state index contributed by atoms with van der Waals surface area (Å²) in [5, 5.41) is 0. The number of nitrogen functional groups attached to an aromatic ring is 1. The van der Waals surface area contributed by atoms with Crippen LogP contribution in [-0.4, -0.2) is 49.0 Å². The minimum absolute atomic E-state index is 0.0757. The number of hydrogen-bond donors (Lipinski definition) is 2. The number of nitrogens with two attached hydrogens (primary N) is 1. The fourth-order valence-electron chi connectivity index (χ4n) is 1.87. The van der Waals surface area contributed by atoms with Gasteiger partial charge < -0.3 is 9.47 Å². The molecule has 0 aliphatic carbocycles. The molecule has 0 atom stereocenters. The maximum Gasteiger partial charge on any atom is 0.268 e. The summed E-state index contributed by atoms with van der Waals surface area (Å²) in [5.74, 6) is 4.13. The van der Waals surface area contributed by atoms with Crippen LogP contribution < -0.4 is 16.0 Å². The zero-order valence-corrected chi connectivity index (χ0v) is 11.2. The molecule has 1 fully saturated rings. The molecule has 3 amide bonds. The van der Waals surface area contributed by atoms with E-state index in [0.29, 0.717) is 5.75 Å². The molecule has 1 saturated heterocycles. The number of morpholine rings is 1. The summed E-state index contributed by atoms with van der Waals surface area (Å²) in [6, 6.07) is 6.54. The number of nitrogens with zero attached hydrogens (tertiary/aromatic N) is 1. The predicted octanol–water partition coefficient (Wildman–Crippen LogP) is -0.946. The zero-order chi connectivity index (χ0) is 15.2. The molecular formula is C13H15N3O5. The topological polar surface area (TPSA) is 111 Å². The fraction of sp³-hybridized carbons (Fsp3) is 0.308. The lowest BCUT2D eigenvalue weighted by molar-refractivity contribution is -0.158. The minimum Gasteiger partial charge on any atom is -0.491 e. The van der Waals surface area contributed by atoms with E-state index in [2.05, 4.69) is 0 Å². The molecule has 21 heavy (non-hydrogen) atoms. The van der Waals surface area contributed by atoms with E-state index in [4.69, 9.17) is 15.3 Å². The van der Waals surface area contributed by atoms with Crippen molar-refractivity contribution in [3.05, 3.63) is 29.8 Å². The molecule has 0 radical (unpaired) electrons. The van der Waals surface area contributed by atoms with E-state index in [1.807, 2.05) is 5.43 Å². The van der Waals surface area contributed by atoms with Crippen LogP contribution in [0.1, 0.15) is 10.4 Å². The number of imide groups is 1. The van der Waals surface area contributed by atoms with Crippen molar-refractivity contribution in [3.8, 4) is 5.75 Å². The monoisotopic (exact) mass is 293 g/mol. The lowest BCUT2D eigenvalue weighted by Gasteiger charge is -2.24. The third-order valence-corrected chi connectivity index (χ3v) is 2.89. The van der Waals surface area contributed by atoms with Gasteiger partial charge in [-0.1, -0.05) is 12.1 Å². The van der Waals surface area contributed by atoms with Gasteiger partial charge in [-0.05, 0) is 12.1 Å². The van der Waals surface area contributed by atoms with Crippen LogP contribution in [0.4, 0.5) is 0 Å². The summed E-state index contributed by atoms with van der Waals surface area (Å²) in [5.41, 5.74) is 2.30. The van der Waals surface area contributed by atoms with Gasteiger partial charge in [0.25, 0.3) is 17.7 Å². The van der Waals surface area contributed by atoms with Crippen molar-refractivity contribution in [3.63, 3.8) is 0 Å². The van der Waals surface area contributed by atoms with Crippen LogP contribution in [0.15, 0.2) is 24.3 Å². The molecule has 0 aromatic heterocycles. The number of ether oxygens (including phenoxy) is 2. The van der Waals surface area contributed by atoms with Gasteiger partial charge in [-0.25, -0.2) is 5.84 Å². The Morgan fingerprint density at radius 2 is 1.95 bits per heavy atom. The number of benzene rings is 1. The second-order valence-electron chi connectivity index (χ2n) is 4.25. The molecule has 8 nitrogen and oxygen atoms in total. The van der Waals surface area contributed by atoms with E-state index in [1.54, 1.807) is 24.3 Å². The number of amides is 3. The lowest BCUT2D eigenvalue weighted by atomic mass is 10.2. The maximum atomic E-state index is 11.6. The number of hydrogen-bond acceptors (Lipinski definition) is 6. The molecule has 112 valence electrons. The number of rotatable bonds is 5. The number of nitrogens with one attached hydrogen (secondary N) is 1. The molecule has 0 spiro atoms. The van der Waals surface area contributed by atoms with Crippen LogP contribution in [0.5, 0.6) is 5.75 Å². The molecule has 0 bridgehead atoms. The summed E-state index contributed by atoms with van der Waals surface area (Å²) in [6.07, 6.45) is 0.